The summed E-state index contributed by atoms with van der Waals surface area (Å²) in [5.41, 5.74) is 0. The van der Waals surface area contributed by atoms with E-state index in [0.29, 0.717) is 0 Å². The van der Waals surface area contributed by atoms with Crippen molar-refractivity contribution < 1.29 is 0 Å². The molecule has 0 saturated carbocycles. The van der Waals surface area contributed by atoms with Crippen LogP contribution in [0.2, 0.25) is 18.0 Å². The highest BCUT2D eigenvalue weighted by molar-refractivity contribution is 7.83. The molecule has 0 radical (unpaired) electrons. The van der Waals surface area contributed by atoms with Crippen LogP contribution in [0.1, 0.15) is 38.5 Å². The molecule has 186 valence electrons. The van der Waals surface area contributed by atoms with E-state index in [-0.39, 0.29) is 0 Å². The lowest BCUT2D eigenvalue weighted by molar-refractivity contribution is 0.442. The van der Waals surface area contributed by atoms with Gasteiger partial charge in [-0.3, -0.25) is 0 Å². The molecule has 6 rings (SSSR count). The van der Waals surface area contributed by atoms with Gasteiger partial charge in [-0.05, 0) is 48.5 Å². The molecular formula is C34H37BP2. The van der Waals surface area contributed by atoms with Gasteiger partial charge < -0.3 is 0 Å². The summed E-state index contributed by atoms with van der Waals surface area (Å²) in [5.74, 6) is 1.97. The van der Waals surface area contributed by atoms with Gasteiger partial charge in [-0.25, -0.2) is 0 Å². The van der Waals surface area contributed by atoms with Crippen molar-refractivity contribution in [2.45, 2.75) is 56.5 Å². The van der Waals surface area contributed by atoms with Crippen molar-refractivity contribution in [2.75, 3.05) is 6.16 Å². The maximum absolute atomic E-state index is 2.47. The van der Waals surface area contributed by atoms with E-state index < -0.39 is 15.8 Å². The normalized spacial score (nSPS) is 20.1. The van der Waals surface area contributed by atoms with Crippen molar-refractivity contribution in [1.29, 1.82) is 0 Å². The van der Waals surface area contributed by atoms with Gasteiger partial charge in [0, 0.05) is 0 Å². The van der Waals surface area contributed by atoms with Crippen LogP contribution in [0.5, 0.6) is 0 Å². The maximum atomic E-state index is 2.47. The van der Waals surface area contributed by atoms with Crippen LogP contribution < -0.4 is 26.5 Å². The number of hydrogen-bond acceptors (Lipinski definition) is 0. The lowest BCUT2D eigenvalue weighted by Crippen LogP contribution is -2.36. The summed E-state index contributed by atoms with van der Waals surface area (Å²) in [6.45, 7) is 0.952. The van der Waals surface area contributed by atoms with Crippen molar-refractivity contribution in [1.82, 2.24) is 0 Å². The van der Waals surface area contributed by atoms with Gasteiger partial charge in [0.05, 0.1) is 0 Å². The van der Waals surface area contributed by atoms with Gasteiger partial charge in [-0.1, -0.05) is 172 Å². The van der Waals surface area contributed by atoms with Gasteiger partial charge in [-0.2, -0.15) is 0 Å². The Morgan fingerprint density at radius 1 is 0.514 bits per heavy atom. The molecule has 4 aromatic carbocycles. The summed E-state index contributed by atoms with van der Waals surface area (Å²) in [4.78, 5) is 0. The molecule has 0 nitrogen and oxygen atoms in total. The van der Waals surface area contributed by atoms with Gasteiger partial charge >= 0.3 is 0 Å². The number of fused-ring (bicyclic) bond motifs is 2. The Kier molecular flexibility index (Phi) is 8.22. The second-order valence-corrected chi connectivity index (χ2v) is 15.3. The van der Waals surface area contributed by atoms with Crippen LogP contribution in [-0.2, 0) is 0 Å². The lowest BCUT2D eigenvalue weighted by atomic mass is 9.26. The van der Waals surface area contributed by atoms with Gasteiger partial charge in [0.25, 0.3) is 0 Å². The average molecular weight is 518 g/mol. The van der Waals surface area contributed by atoms with Gasteiger partial charge in [0.15, 0.2) is 0 Å². The first-order valence-corrected chi connectivity index (χ1v) is 17.1. The molecule has 1 unspecified atom stereocenters. The minimum Gasteiger partial charge on any atom is -0.0691 e. The van der Waals surface area contributed by atoms with E-state index in [1.165, 1.54) is 61.6 Å². The smallest absolute Gasteiger partial charge is 0.0691 e. The number of benzene rings is 4. The predicted octanol–water partition coefficient (Wildman–Crippen LogP) is 7.48. The van der Waals surface area contributed by atoms with Crippen LogP contribution in [0.25, 0.3) is 0 Å². The van der Waals surface area contributed by atoms with E-state index in [4.69, 9.17) is 0 Å². The molecular weight excluding hydrogens is 481 g/mol. The molecule has 2 saturated heterocycles. The Morgan fingerprint density at radius 2 is 0.946 bits per heavy atom. The lowest BCUT2D eigenvalue weighted by Gasteiger charge is -2.41. The third-order valence-electron chi connectivity index (χ3n) is 8.71. The van der Waals surface area contributed by atoms with E-state index in [1.54, 1.807) is 15.9 Å². The highest BCUT2D eigenvalue weighted by atomic mass is 31.1. The number of hydrogen-bond donors (Lipinski definition) is 0. The summed E-state index contributed by atoms with van der Waals surface area (Å²) in [6.07, 6.45) is 11.6. The monoisotopic (exact) mass is 518 g/mol. The van der Waals surface area contributed by atoms with Gasteiger partial charge in [0.1, 0.15) is 6.71 Å². The van der Waals surface area contributed by atoms with Crippen molar-refractivity contribution in [3.63, 3.8) is 0 Å². The third-order valence-corrected chi connectivity index (χ3v) is 14.0. The molecule has 0 spiro atoms. The molecule has 2 aliphatic heterocycles. The Hall–Kier alpha value is -2.20. The molecule has 2 aliphatic rings. The predicted molar refractivity (Wildman–Crippen MR) is 168 cm³/mol. The minimum absolute atomic E-state index is 0.413. The highest BCUT2D eigenvalue weighted by Crippen LogP contribution is 2.49. The van der Waals surface area contributed by atoms with Crippen LogP contribution in [0.4, 0.5) is 0 Å². The summed E-state index contributed by atoms with van der Waals surface area (Å²) in [5, 5.41) is 7.58. The Bertz CT molecular complexity index is 1200. The van der Waals surface area contributed by atoms with E-state index in [9.17, 15) is 0 Å². The molecule has 2 heterocycles. The topological polar surface area (TPSA) is 0 Å². The maximum Gasteiger partial charge on any atom is 0.146 e. The van der Waals surface area contributed by atoms with Crippen LogP contribution in [-0.4, -0.2) is 12.9 Å². The number of rotatable bonds is 8. The molecule has 0 N–H and O–H groups in total. The van der Waals surface area contributed by atoms with Crippen LogP contribution in [0.3, 0.4) is 0 Å². The van der Waals surface area contributed by atoms with E-state index in [0.717, 1.165) is 18.3 Å². The van der Waals surface area contributed by atoms with Crippen LogP contribution in [0.15, 0.2) is 115 Å². The van der Waals surface area contributed by atoms with E-state index in [1.807, 2.05) is 0 Å². The van der Waals surface area contributed by atoms with Crippen LogP contribution >= 0.6 is 15.8 Å². The molecule has 3 heteroatoms. The molecule has 37 heavy (non-hydrogen) atoms. The Morgan fingerprint density at radius 3 is 1.46 bits per heavy atom. The zero-order valence-corrected chi connectivity index (χ0v) is 23.5. The van der Waals surface area contributed by atoms with Gasteiger partial charge in [-0.15, -0.1) is 0 Å². The van der Waals surface area contributed by atoms with E-state index in [2.05, 4.69) is 115 Å². The van der Waals surface area contributed by atoms with Crippen molar-refractivity contribution in [2.24, 2.45) is 0 Å². The SMILES string of the molecule is c1ccc(P(CCB2C3CCCC2CCC3)c2ccccc2P(c2ccccc2)c2ccccc2)cc1. The molecule has 0 aliphatic carbocycles. The first kappa shape index (κ1) is 25.1. The molecule has 0 amide bonds. The zero-order valence-electron chi connectivity index (χ0n) is 21.8. The average Bonchev–Trinajstić information content (AvgIpc) is 2.96. The standard InChI is InChI=1S/C34H37BP2/c1-4-18-30(19-5-1)36(27-26-35-28-14-12-15-29(35)17-13-16-28)33-24-10-11-25-34(33)37(31-20-6-2-7-21-31)32-22-8-3-9-23-32/h1-11,18-25,28-29H,12-17,26-27H2. The minimum atomic E-state index is -0.608. The summed E-state index contributed by atoms with van der Waals surface area (Å²) >= 11 is 0. The molecule has 4 aromatic rings. The molecule has 2 bridgehead atoms. The fourth-order valence-electron chi connectivity index (χ4n) is 7.02. The first-order valence-electron chi connectivity index (χ1n) is 14.2. The quantitative estimate of drug-likeness (QED) is 0.168. The Labute approximate surface area is 226 Å². The largest absolute Gasteiger partial charge is 0.146 e. The zero-order chi connectivity index (χ0) is 24.9. The van der Waals surface area contributed by atoms with Crippen molar-refractivity contribution in [3.8, 4) is 0 Å². The van der Waals surface area contributed by atoms with Gasteiger partial charge in [0.2, 0.25) is 0 Å². The summed E-state index contributed by atoms with van der Waals surface area (Å²) in [7, 11) is -1.02. The van der Waals surface area contributed by atoms with Crippen molar-refractivity contribution >= 4 is 49.1 Å². The highest BCUT2D eigenvalue weighted by Gasteiger charge is 2.39. The molecule has 1 atom stereocenters. The second kappa shape index (κ2) is 12.1. The molecule has 0 aromatic heterocycles. The van der Waals surface area contributed by atoms with E-state index >= 15 is 0 Å². The van der Waals surface area contributed by atoms with Crippen LogP contribution in [0, 0.1) is 0 Å². The first-order chi connectivity index (χ1) is 18.4. The fraction of sp³-hybridized carbons (Fsp3) is 0.294. The summed E-state index contributed by atoms with van der Waals surface area (Å²) < 4.78 is 0. The third kappa shape index (κ3) is 5.65. The Balaban J connectivity index is 1.40. The second-order valence-electron chi connectivity index (χ2n) is 10.8. The van der Waals surface area contributed by atoms with Crippen molar-refractivity contribution in [3.05, 3.63) is 115 Å². The fourth-order valence-corrected chi connectivity index (χ4v) is 12.5. The molecule has 2 fully saturated rings. The summed E-state index contributed by atoms with van der Waals surface area (Å²) in [6, 6.07) is 43.4.